The van der Waals surface area contributed by atoms with E-state index in [-0.39, 0.29) is 5.91 Å². The predicted molar refractivity (Wildman–Crippen MR) is 72.2 cm³/mol. The second-order valence-electron chi connectivity index (χ2n) is 4.30. The van der Waals surface area contributed by atoms with E-state index in [4.69, 9.17) is 0 Å². The maximum atomic E-state index is 11.7. The fourth-order valence-electron chi connectivity index (χ4n) is 1.81. The molecular weight excluding hydrogens is 242 g/mol. The van der Waals surface area contributed by atoms with Crippen molar-refractivity contribution in [3.63, 3.8) is 0 Å². The van der Waals surface area contributed by atoms with Gasteiger partial charge in [-0.2, -0.15) is 5.10 Å². The van der Waals surface area contributed by atoms with Crippen LogP contribution in [0.4, 0.5) is 0 Å². The van der Waals surface area contributed by atoms with Gasteiger partial charge < -0.3 is 10.3 Å². The quantitative estimate of drug-likeness (QED) is 0.807. The molecule has 1 amide bonds. The van der Waals surface area contributed by atoms with Crippen LogP contribution in [-0.4, -0.2) is 25.7 Å². The lowest BCUT2D eigenvalue weighted by molar-refractivity contribution is -0.116. The minimum absolute atomic E-state index is 0.154. The summed E-state index contributed by atoms with van der Waals surface area (Å²) in [4.78, 5) is 18.6. The standard InChI is InChI=1S/C13H17N5O/c1-9-11(10(2)18(3)17-9)4-5-13(19)16-8-12-14-6-7-15-12/h4-7H,8H2,1-3H3,(H,14,15)(H,16,19). The Kier molecular flexibility index (Phi) is 3.79. The Balaban J connectivity index is 1.96. The van der Waals surface area contributed by atoms with Crippen LogP contribution in [0.2, 0.25) is 0 Å². The van der Waals surface area contributed by atoms with E-state index in [1.807, 2.05) is 20.9 Å². The van der Waals surface area contributed by atoms with Crippen molar-refractivity contribution >= 4 is 12.0 Å². The Bertz CT molecular complexity index is 595. The SMILES string of the molecule is Cc1nn(C)c(C)c1C=CC(=O)NCc1ncc[nH]1. The second kappa shape index (κ2) is 5.51. The predicted octanol–water partition coefficient (Wildman–Crippen LogP) is 1.09. The largest absolute Gasteiger partial charge is 0.347 e. The van der Waals surface area contributed by atoms with E-state index in [1.165, 1.54) is 6.08 Å². The van der Waals surface area contributed by atoms with Gasteiger partial charge in [-0.25, -0.2) is 4.98 Å². The number of nitrogens with zero attached hydrogens (tertiary/aromatic N) is 3. The summed E-state index contributed by atoms with van der Waals surface area (Å²) in [5, 5.41) is 7.05. The Hall–Kier alpha value is -2.37. The molecule has 2 N–H and O–H groups in total. The summed E-state index contributed by atoms with van der Waals surface area (Å²) in [7, 11) is 1.89. The molecule has 19 heavy (non-hydrogen) atoms. The Labute approximate surface area is 111 Å². The molecule has 0 aliphatic carbocycles. The highest BCUT2D eigenvalue weighted by molar-refractivity contribution is 5.91. The van der Waals surface area contributed by atoms with E-state index in [0.717, 1.165) is 22.8 Å². The molecule has 0 saturated carbocycles. The molecule has 2 rings (SSSR count). The zero-order valence-corrected chi connectivity index (χ0v) is 11.3. The molecule has 0 radical (unpaired) electrons. The molecule has 0 aliphatic heterocycles. The molecule has 0 unspecified atom stereocenters. The van der Waals surface area contributed by atoms with Gasteiger partial charge in [-0.3, -0.25) is 9.48 Å². The molecule has 2 aromatic rings. The van der Waals surface area contributed by atoms with Gasteiger partial charge in [0.2, 0.25) is 5.91 Å². The molecule has 2 aromatic heterocycles. The summed E-state index contributed by atoms with van der Waals surface area (Å²) >= 11 is 0. The summed E-state index contributed by atoms with van der Waals surface area (Å²) in [6, 6.07) is 0. The summed E-state index contributed by atoms with van der Waals surface area (Å²) in [5.74, 6) is 0.578. The Morgan fingerprint density at radius 2 is 2.32 bits per heavy atom. The highest BCUT2D eigenvalue weighted by Gasteiger charge is 2.06. The van der Waals surface area contributed by atoms with Crippen LogP contribution in [0, 0.1) is 13.8 Å². The maximum Gasteiger partial charge on any atom is 0.244 e. The molecular formula is C13H17N5O. The number of hydrogen-bond donors (Lipinski definition) is 2. The lowest BCUT2D eigenvalue weighted by Crippen LogP contribution is -2.20. The monoisotopic (exact) mass is 259 g/mol. The number of aromatic nitrogens is 4. The minimum Gasteiger partial charge on any atom is -0.347 e. The minimum atomic E-state index is -0.154. The van der Waals surface area contributed by atoms with E-state index in [2.05, 4.69) is 20.4 Å². The zero-order valence-electron chi connectivity index (χ0n) is 11.3. The third-order valence-electron chi connectivity index (χ3n) is 2.95. The summed E-state index contributed by atoms with van der Waals surface area (Å²) in [5.41, 5.74) is 2.93. The number of aromatic amines is 1. The molecule has 0 atom stereocenters. The number of amides is 1. The van der Waals surface area contributed by atoms with Gasteiger partial charge in [0.15, 0.2) is 0 Å². The molecule has 0 spiro atoms. The molecule has 6 heteroatoms. The van der Waals surface area contributed by atoms with Crippen LogP contribution >= 0.6 is 0 Å². The normalized spacial score (nSPS) is 11.1. The number of aryl methyl sites for hydroxylation is 2. The van der Waals surface area contributed by atoms with Crippen molar-refractivity contribution in [2.24, 2.45) is 7.05 Å². The van der Waals surface area contributed by atoms with Gasteiger partial charge >= 0.3 is 0 Å². The molecule has 0 aliphatic rings. The van der Waals surface area contributed by atoms with Crippen LogP contribution in [-0.2, 0) is 18.4 Å². The van der Waals surface area contributed by atoms with Crippen molar-refractivity contribution in [3.05, 3.63) is 41.2 Å². The van der Waals surface area contributed by atoms with Gasteiger partial charge in [-0.1, -0.05) is 0 Å². The number of H-pyrrole nitrogens is 1. The van der Waals surface area contributed by atoms with Gasteiger partial charge in [0.25, 0.3) is 0 Å². The van der Waals surface area contributed by atoms with E-state index in [0.29, 0.717) is 6.54 Å². The average molecular weight is 259 g/mol. The van der Waals surface area contributed by atoms with Crippen LogP contribution in [0.1, 0.15) is 22.8 Å². The Morgan fingerprint density at radius 3 is 2.89 bits per heavy atom. The number of nitrogens with one attached hydrogen (secondary N) is 2. The smallest absolute Gasteiger partial charge is 0.244 e. The van der Waals surface area contributed by atoms with E-state index >= 15 is 0 Å². The van der Waals surface area contributed by atoms with Crippen molar-refractivity contribution in [3.8, 4) is 0 Å². The van der Waals surface area contributed by atoms with Crippen LogP contribution in [0.3, 0.4) is 0 Å². The molecule has 0 bridgehead atoms. The fraction of sp³-hybridized carbons (Fsp3) is 0.308. The number of imidazole rings is 1. The van der Waals surface area contributed by atoms with Crippen molar-refractivity contribution < 1.29 is 4.79 Å². The molecule has 6 nitrogen and oxygen atoms in total. The first-order chi connectivity index (χ1) is 9.08. The van der Waals surface area contributed by atoms with Crippen molar-refractivity contribution in [1.29, 1.82) is 0 Å². The molecule has 0 aromatic carbocycles. The lowest BCUT2D eigenvalue weighted by atomic mass is 10.2. The molecule has 0 saturated heterocycles. The number of rotatable bonds is 4. The molecule has 0 fully saturated rings. The van der Waals surface area contributed by atoms with Crippen molar-refractivity contribution in [1.82, 2.24) is 25.1 Å². The summed E-state index contributed by atoms with van der Waals surface area (Å²) in [6.07, 6.45) is 6.68. The lowest BCUT2D eigenvalue weighted by Gasteiger charge is -1.99. The first-order valence-corrected chi connectivity index (χ1v) is 6.02. The summed E-state index contributed by atoms with van der Waals surface area (Å²) < 4.78 is 1.80. The second-order valence-corrected chi connectivity index (χ2v) is 4.30. The number of hydrogen-bond acceptors (Lipinski definition) is 3. The fourth-order valence-corrected chi connectivity index (χ4v) is 1.81. The number of carbonyl (C=O) groups is 1. The highest BCUT2D eigenvalue weighted by Crippen LogP contribution is 2.13. The van der Waals surface area contributed by atoms with E-state index in [9.17, 15) is 4.79 Å². The van der Waals surface area contributed by atoms with Crippen LogP contribution in [0.25, 0.3) is 6.08 Å². The van der Waals surface area contributed by atoms with Gasteiger partial charge in [0, 0.05) is 36.8 Å². The highest BCUT2D eigenvalue weighted by atomic mass is 16.1. The van der Waals surface area contributed by atoms with E-state index < -0.39 is 0 Å². The van der Waals surface area contributed by atoms with Crippen LogP contribution in [0.15, 0.2) is 18.5 Å². The van der Waals surface area contributed by atoms with E-state index in [1.54, 1.807) is 23.2 Å². The average Bonchev–Trinajstić information content (AvgIpc) is 2.96. The van der Waals surface area contributed by atoms with Crippen LogP contribution in [0.5, 0.6) is 0 Å². The van der Waals surface area contributed by atoms with Crippen LogP contribution < -0.4 is 5.32 Å². The topological polar surface area (TPSA) is 75.6 Å². The first-order valence-electron chi connectivity index (χ1n) is 6.02. The third-order valence-corrected chi connectivity index (χ3v) is 2.95. The first kappa shape index (κ1) is 13.1. The number of carbonyl (C=O) groups excluding carboxylic acids is 1. The maximum absolute atomic E-state index is 11.7. The van der Waals surface area contributed by atoms with Gasteiger partial charge in [-0.15, -0.1) is 0 Å². The Morgan fingerprint density at radius 1 is 1.53 bits per heavy atom. The van der Waals surface area contributed by atoms with Gasteiger partial charge in [0.1, 0.15) is 5.82 Å². The van der Waals surface area contributed by atoms with Crippen molar-refractivity contribution in [2.75, 3.05) is 0 Å². The molecule has 100 valence electrons. The molecule has 2 heterocycles. The zero-order chi connectivity index (χ0) is 13.8. The third kappa shape index (κ3) is 3.09. The van der Waals surface area contributed by atoms with Gasteiger partial charge in [0.05, 0.1) is 12.2 Å². The van der Waals surface area contributed by atoms with Gasteiger partial charge in [-0.05, 0) is 19.9 Å². The summed E-state index contributed by atoms with van der Waals surface area (Å²) in [6.45, 7) is 4.29. The van der Waals surface area contributed by atoms with Crippen molar-refractivity contribution in [2.45, 2.75) is 20.4 Å².